The Balaban J connectivity index is 1.51. The average Bonchev–Trinajstić information content (AvgIpc) is 3.17. The summed E-state index contributed by atoms with van der Waals surface area (Å²) in [4.78, 5) is 29.4. The third-order valence-electron chi connectivity index (χ3n) is 7.48. The Hall–Kier alpha value is -3.82. The molecule has 0 bridgehead atoms. The lowest BCUT2D eigenvalue weighted by molar-refractivity contribution is 0.0738. The van der Waals surface area contributed by atoms with Gasteiger partial charge in [0.15, 0.2) is 11.5 Å². The van der Waals surface area contributed by atoms with Gasteiger partial charge in [-0.1, -0.05) is 31.2 Å². The minimum Gasteiger partial charge on any atom is -0.384 e. The number of fused-ring (bicyclic) bond motifs is 1. The van der Waals surface area contributed by atoms with Crippen molar-refractivity contribution in [3.63, 3.8) is 0 Å². The van der Waals surface area contributed by atoms with Crippen LogP contribution in [0.15, 0.2) is 66.1 Å². The van der Waals surface area contributed by atoms with Crippen molar-refractivity contribution in [2.24, 2.45) is 0 Å². The number of piperidine rings is 1. The summed E-state index contributed by atoms with van der Waals surface area (Å²) in [6.45, 7) is 12.0. The van der Waals surface area contributed by atoms with Crippen molar-refractivity contribution in [3.05, 3.63) is 82.9 Å². The Morgan fingerprint density at radius 2 is 1.84 bits per heavy atom. The molecule has 1 aliphatic heterocycles. The van der Waals surface area contributed by atoms with Crippen LogP contribution in [-0.4, -0.2) is 54.5 Å². The molecule has 1 aliphatic rings. The van der Waals surface area contributed by atoms with Crippen LogP contribution in [0.4, 0.5) is 11.6 Å². The summed E-state index contributed by atoms with van der Waals surface area (Å²) >= 11 is 0. The average molecular weight is 514 g/mol. The van der Waals surface area contributed by atoms with E-state index in [1.54, 1.807) is 42.8 Å². The molecule has 0 unspecified atom stereocenters. The Labute approximate surface area is 222 Å². The van der Waals surface area contributed by atoms with Crippen LogP contribution in [0.1, 0.15) is 44.9 Å². The van der Waals surface area contributed by atoms with Gasteiger partial charge in [0.25, 0.3) is 5.56 Å². The maximum absolute atomic E-state index is 13.2. The summed E-state index contributed by atoms with van der Waals surface area (Å²) < 4.78 is 3.18. The SMILES string of the molecule is C=CCn1c(=O)c2cnc(Nc3ccc(C4(C)CCN(C)CC4)cc3)nc2n1-c1cccc(C(C)(C)O)n1. The van der Waals surface area contributed by atoms with E-state index in [9.17, 15) is 9.90 Å². The highest BCUT2D eigenvalue weighted by atomic mass is 16.3. The predicted molar refractivity (Wildman–Crippen MR) is 150 cm³/mol. The van der Waals surface area contributed by atoms with Crippen LogP contribution in [0.25, 0.3) is 16.9 Å². The van der Waals surface area contributed by atoms with E-state index in [-0.39, 0.29) is 17.5 Å². The van der Waals surface area contributed by atoms with Gasteiger partial charge in [-0.25, -0.2) is 19.3 Å². The van der Waals surface area contributed by atoms with Crippen molar-refractivity contribution in [2.75, 3.05) is 25.5 Å². The zero-order chi connectivity index (χ0) is 27.1. The number of anilines is 2. The zero-order valence-corrected chi connectivity index (χ0v) is 22.5. The number of aliphatic hydroxyl groups is 1. The Bertz CT molecular complexity index is 1520. The van der Waals surface area contributed by atoms with Crippen molar-refractivity contribution in [1.82, 2.24) is 29.2 Å². The molecule has 1 fully saturated rings. The van der Waals surface area contributed by atoms with E-state index in [4.69, 9.17) is 4.98 Å². The molecule has 1 saturated heterocycles. The van der Waals surface area contributed by atoms with Gasteiger partial charge in [-0.05, 0) is 82.1 Å². The van der Waals surface area contributed by atoms with Gasteiger partial charge in [-0.3, -0.25) is 4.79 Å². The van der Waals surface area contributed by atoms with E-state index in [2.05, 4.69) is 65.0 Å². The summed E-state index contributed by atoms with van der Waals surface area (Å²) in [5.74, 6) is 0.845. The first kappa shape index (κ1) is 25.8. The molecule has 38 heavy (non-hydrogen) atoms. The minimum absolute atomic E-state index is 0.176. The number of benzene rings is 1. The van der Waals surface area contributed by atoms with Gasteiger partial charge in [0.2, 0.25) is 5.95 Å². The van der Waals surface area contributed by atoms with Crippen molar-refractivity contribution in [2.45, 2.75) is 51.2 Å². The summed E-state index contributed by atoms with van der Waals surface area (Å²) in [7, 11) is 2.18. The second-order valence-corrected chi connectivity index (χ2v) is 10.9. The second kappa shape index (κ2) is 9.81. The molecule has 4 heterocycles. The van der Waals surface area contributed by atoms with Crippen LogP contribution < -0.4 is 10.9 Å². The van der Waals surface area contributed by atoms with Crippen molar-refractivity contribution >= 4 is 22.7 Å². The quantitative estimate of drug-likeness (QED) is 0.359. The molecule has 9 heteroatoms. The molecule has 0 atom stereocenters. The molecule has 3 aromatic heterocycles. The molecule has 5 rings (SSSR count). The first-order valence-corrected chi connectivity index (χ1v) is 12.9. The fourth-order valence-corrected chi connectivity index (χ4v) is 4.98. The predicted octanol–water partition coefficient (Wildman–Crippen LogP) is 4.12. The van der Waals surface area contributed by atoms with Crippen LogP contribution >= 0.6 is 0 Å². The Morgan fingerprint density at radius 3 is 2.50 bits per heavy atom. The van der Waals surface area contributed by atoms with Gasteiger partial charge in [-0.15, -0.1) is 6.58 Å². The number of rotatable bonds is 7. The molecular weight excluding hydrogens is 478 g/mol. The van der Waals surface area contributed by atoms with E-state index in [0.717, 1.165) is 31.6 Å². The summed E-state index contributed by atoms with van der Waals surface area (Å²) in [6.07, 6.45) is 5.46. The van der Waals surface area contributed by atoms with Crippen LogP contribution in [-0.2, 0) is 17.6 Å². The molecule has 2 N–H and O–H groups in total. The number of aromatic nitrogens is 5. The molecule has 0 amide bonds. The fraction of sp³-hybridized carbons (Fsp3) is 0.379. The molecule has 4 aromatic rings. The first-order valence-electron chi connectivity index (χ1n) is 12.9. The monoisotopic (exact) mass is 513 g/mol. The van der Waals surface area contributed by atoms with E-state index in [0.29, 0.717) is 28.5 Å². The summed E-state index contributed by atoms with van der Waals surface area (Å²) in [5.41, 5.74) is 1.91. The lowest BCUT2D eigenvalue weighted by atomic mass is 9.74. The van der Waals surface area contributed by atoms with Crippen molar-refractivity contribution in [1.29, 1.82) is 0 Å². The molecule has 0 radical (unpaired) electrons. The highest BCUT2D eigenvalue weighted by Gasteiger charge is 2.30. The topological polar surface area (TPSA) is 101 Å². The van der Waals surface area contributed by atoms with Gasteiger partial charge < -0.3 is 15.3 Å². The molecule has 198 valence electrons. The van der Waals surface area contributed by atoms with Gasteiger partial charge in [-0.2, -0.15) is 4.98 Å². The number of nitrogens with zero attached hydrogens (tertiary/aromatic N) is 6. The number of likely N-dealkylation sites (tertiary alicyclic amines) is 1. The maximum Gasteiger partial charge on any atom is 0.278 e. The number of allylic oxidation sites excluding steroid dienone is 1. The smallest absolute Gasteiger partial charge is 0.278 e. The van der Waals surface area contributed by atoms with Gasteiger partial charge >= 0.3 is 0 Å². The minimum atomic E-state index is -1.14. The molecule has 1 aromatic carbocycles. The Kier molecular flexibility index (Phi) is 6.66. The van der Waals surface area contributed by atoms with Crippen molar-refractivity contribution in [3.8, 4) is 5.82 Å². The van der Waals surface area contributed by atoms with Crippen LogP contribution in [0.3, 0.4) is 0 Å². The third-order valence-corrected chi connectivity index (χ3v) is 7.48. The highest BCUT2D eigenvalue weighted by molar-refractivity contribution is 5.77. The number of hydrogen-bond acceptors (Lipinski definition) is 7. The highest BCUT2D eigenvalue weighted by Crippen LogP contribution is 2.35. The summed E-state index contributed by atoms with van der Waals surface area (Å²) in [6, 6.07) is 13.8. The fourth-order valence-electron chi connectivity index (χ4n) is 4.98. The van der Waals surface area contributed by atoms with Crippen LogP contribution in [0.2, 0.25) is 0 Å². The second-order valence-electron chi connectivity index (χ2n) is 10.9. The largest absolute Gasteiger partial charge is 0.384 e. The Morgan fingerprint density at radius 1 is 1.13 bits per heavy atom. The number of hydrogen-bond donors (Lipinski definition) is 2. The number of nitrogens with one attached hydrogen (secondary N) is 1. The molecule has 9 nitrogen and oxygen atoms in total. The first-order chi connectivity index (χ1) is 18.1. The van der Waals surface area contributed by atoms with E-state index < -0.39 is 5.60 Å². The zero-order valence-electron chi connectivity index (χ0n) is 22.5. The van der Waals surface area contributed by atoms with Gasteiger partial charge in [0, 0.05) is 11.9 Å². The standard InChI is InChI=1S/C29H35N7O2/c1-6-16-35-26(37)22-19-30-27(33-25(22)36(35)24-9-7-8-23(32-24)28(2,3)38)31-21-12-10-20(11-13-21)29(4)14-17-34(5)18-15-29/h6-13,19,38H,1,14-18H2,2-5H3,(H,30,31,33). The number of pyridine rings is 1. The van der Waals surface area contributed by atoms with E-state index in [1.165, 1.54) is 16.4 Å². The molecule has 0 saturated carbocycles. The van der Waals surface area contributed by atoms with E-state index in [1.807, 2.05) is 0 Å². The maximum atomic E-state index is 13.2. The lowest BCUT2D eigenvalue weighted by Gasteiger charge is -2.38. The van der Waals surface area contributed by atoms with E-state index >= 15 is 0 Å². The lowest BCUT2D eigenvalue weighted by Crippen LogP contribution is -2.38. The third kappa shape index (κ3) is 4.87. The normalized spacial score (nSPS) is 16.0. The van der Waals surface area contributed by atoms with Gasteiger partial charge in [0.05, 0.1) is 12.2 Å². The van der Waals surface area contributed by atoms with Crippen molar-refractivity contribution < 1.29 is 5.11 Å². The molecule has 0 aliphatic carbocycles. The summed E-state index contributed by atoms with van der Waals surface area (Å²) in [5, 5.41) is 14.2. The van der Waals surface area contributed by atoms with Gasteiger partial charge in [0.1, 0.15) is 11.0 Å². The molecule has 0 spiro atoms. The van der Waals surface area contributed by atoms with Crippen LogP contribution in [0.5, 0.6) is 0 Å². The molecular formula is C29H35N7O2. The van der Waals surface area contributed by atoms with Crippen LogP contribution in [0, 0.1) is 0 Å².